The Morgan fingerprint density at radius 1 is 0.853 bits per heavy atom. The molecule has 3 aromatic carbocycles. The monoisotopic (exact) mass is 460 g/mol. The Labute approximate surface area is 197 Å². The number of halogens is 1. The zero-order valence-electron chi connectivity index (χ0n) is 19.0. The van der Waals surface area contributed by atoms with Crippen LogP contribution in [0.1, 0.15) is 25.8 Å². The van der Waals surface area contributed by atoms with Crippen LogP contribution in [0.5, 0.6) is 11.5 Å². The summed E-state index contributed by atoms with van der Waals surface area (Å²) < 4.78 is 24.8. The molecule has 0 unspecified atom stereocenters. The number of ether oxygens (including phenoxy) is 2. The van der Waals surface area contributed by atoms with E-state index in [-0.39, 0.29) is 11.3 Å². The highest BCUT2D eigenvalue weighted by molar-refractivity contribution is 6.46. The van der Waals surface area contributed by atoms with Crippen molar-refractivity contribution in [2.24, 2.45) is 0 Å². The van der Waals surface area contributed by atoms with E-state index in [9.17, 15) is 14.0 Å². The van der Waals surface area contributed by atoms with Gasteiger partial charge in [-0.3, -0.25) is 9.59 Å². The molecule has 1 heterocycles. The Bertz CT molecular complexity index is 1220. The van der Waals surface area contributed by atoms with Crippen LogP contribution < -0.4 is 19.7 Å². The fraction of sp³-hybridized carbons (Fsp3) is 0.185. The zero-order chi connectivity index (χ0) is 24.1. The molecular weight excluding hydrogens is 435 g/mol. The second kappa shape index (κ2) is 10.2. The highest BCUT2D eigenvalue weighted by Gasteiger charge is 2.41. The molecule has 1 aliphatic rings. The first-order valence-corrected chi connectivity index (χ1v) is 11.1. The van der Waals surface area contributed by atoms with Crippen LogP contribution >= 0.6 is 0 Å². The number of amides is 2. The summed E-state index contributed by atoms with van der Waals surface area (Å²) in [6, 6.07) is 19.5. The molecule has 6 nitrogen and oxygen atoms in total. The summed E-state index contributed by atoms with van der Waals surface area (Å²) in [5.74, 6) is -0.342. The van der Waals surface area contributed by atoms with Crippen molar-refractivity contribution in [2.45, 2.75) is 20.3 Å². The van der Waals surface area contributed by atoms with Crippen molar-refractivity contribution in [2.75, 3.05) is 23.4 Å². The average molecular weight is 461 g/mol. The van der Waals surface area contributed by atoms with Crippen molar-refractivity contribution >= 4 is 28.8 Å². The van der Waals surface area contributed by atoms with Gasteiger partial charge in [0, 0.05) is 5.69 Å². The maximum atomic E-state index is 13.6. The van der Waals surface area contributed by atoms with Gasteiger partial charge in [-0.15, -0.1) is 0 Å². The molecule has 4 rings (SSSR count). The molecule has 0 radical (unpaired) electrons. The van der Waals surface area contributed by atoms with E-state index < -0.39 is 17.6 Å². The second-order valence-electron chi connectivity index (χ2n) is 7.60. The molecular formula is C27H25FN2O4. The number of hydrogen-bond donors (Lipinski definition) is 1. The van der Waals surface area contributed by atoms with E-state index >= 15 is 0 Å². The second-order valence-corrected chi connectivity index (χ2v) is 7.60. The number of imide groups is 1. The van der Waals surface area contributed by atoms with Crippen LogP contribution in [0.25, 0.3) is 5.57 Å². The lowest BCUT2D eigenvalue weighted by Crippen LogP contribution is -2.32. The van der Waals surface area contributed by atoms with Crippen molar-refractivity contribution in [3.05, 3.63) is 89.9 Å². The number of carbonyl (C=O) groups is 2. The Morgan fingerprint density at radius 3 is 2.24 bits per heavy atom. The molecule has 2 amide bonds. The third-order valence-electron chi connectivity index (χ3n) is 5.22. The molecule has 0 aliphatic carbocycles. The number of rotatable bonds is 9. The minimum atomic E-state index is -0.522. The first-order valence-electron chi connectivity index (χ1n) is 11.1. The molecule has 0 atom stereocenters. The molecule has 7 heteroatoms. The molecule has 174 valence electrons. The van der Waals surface area contributed by atoms with Crippen LogP contribution in [0.15, 0.2) is 78.5 Å². The largest absolute Gasteiger partial charge is 0.494 e. The molecule has 0 fully saturated rings. The third kappa shape index (κ3) is 4.64. The van der Waals surface area contributed by atoms with Crippen molar-refractivity contribution in [1.82, 2.24) is 0 Å². The number of nitrogens with zero attached hydrogens (tertiary/aromatic N) is 1. The predicted octanol–water partition coefficient (Wildman–Crippen LogP) is 5.41. The number of anilines is 2. The van der Waals surface area contributed by atoms with Crippen LogP contribution in [0.3, 0.4) is 0 Å². The van der Waals surface area contributed by atoms with Crippen molar-refractivity contribution in [1.29, 1.82) is 0 Å². The zero-order valence-corrected chi connectivity index (χ0v) is 19.0. The summed E-state index contributed by atoms with van der Waals surface area (Å²) in [5.41, 5.74) is 1.66. The van der Waals surface area contributed by atoms with Crippen molar-refractivity contribution < 1.29 is 23.5 Å². The van der Waals surface area contributed by atoms with Crippen molar-refractivity contribution in [3.63, 3.8) is 0 Å². The van der Waals surface area contributed by atoms with Crippen LogP contribution in [-0.4, -0.2) is 25.0 Å². The fourth-order valence-corrected chi connectivity index (χ4v) is 3.67. The molecule has 0 saturated carbocycles. The normalized spacial score (nSPS) is 13.4. The lowest BCUT2D eigenvalue weighted by molar-refractivity contribution is -0.120. The van der Waals surface area contributed by atoms with Gasteiger partial charge in [-0.05, 0) is 67.4 Å². The predicted molar refractivity (Wildman–Crippen MR) is 129 cm³/mol. The van der Waals surface area contributed by atoms with Gasteiger partial charge in [0.2, 0.25) is 0 Å². The van der Waals surface area contributed by atoms with E-state index in [1.54, 1.807) is 48.5 Å². The molecule has 1 aliphatic heterocycles. The van der Waals surface area contributed by atoms with E-state index in [1.165, 1.54) is 24.3 Å². The highest BCUT2D eigenvalue weighted by atomic mass is 19.1. The summed E-state index contributed by atoms with van der Waals surface area (Å²) >= 11 is 0. The van der Waals surface area contributed by atoms with Gasteiger partial charge in [0.15, 0.2) is 0 Å². The van der Waals surface area contributed by atoms with Gasteiger partial charge < -0.3 is 14.8 Å². The SMILES string of the molecule is CCCOc1ccccc1N1C(=O)C(Nc2ccc(OCC)cc2)=C(c2ccc(F)cc2)C1=O. The van der Waals surface area contributed by atoms with Gasteiger partial charge in [0.25, 0.3) is 11.8 Å². The third-order valence-corrected chi connectivity index (χ3v) is 5.22. The summed E-state index contributed by atoms with van der Waals surface area (Å²) in [7, 11) is 0. The van der Waals surface area contributed by atoms with E-state index in [0.717, 1.165) is 11.3 Å². The van der Waals surface area contributed by atoms with Crippen LogP contribution in [0, 0.1) is 5.82 Å². The first kappa shape index (κ1) is 23.0. The number of para-hydroxylation sites is 2. The Morgan fingerprint density at radius 2 is 1.56 bits per heavy atom. The van der Waals surface area contributed by atoms with Gasteiger partial charge in [0.05, 0.1) is 24.5 Å². The van der Waals surface area contributed by atoms with Gasteiger partial charge in [0.1, 0.15) is 23.0 Å². The van der Waals surface area contributed by atoms with Gasteiger partial charge in [-0.25, -0.2) is 9.29 Å². The van der Waals surface area contributed by atoms with E-state index in [2.05, 4.69) is 5.32 Å². The average Bonchev–Trinajstić information content (AvgIpc) is 3.09. The van der Waals surface area contributed by atoms with Crippen LogP contribution in [-0.2, 0) is 9.59 Å². The van der Waals surface area contributed by atoms with Gasteiger partial charge in [-0.2, -0.15) is 0 Å². The smallest absolute Gasteiger partial charge is 0.282 e. The highest BCUT2D eigenvalue weighted by Crippen LogP contribution is 2.38. The van der Waals surface area contributed by atoms with E-state index in [4.69, 9.17) is 9.47 Å². The summed E-state index contributed by atoms with van der Waals surface area (Å²) in [4.78, 5) is 28.3. The minimum absolute atomic E-state index is 0.103. The number of hydrogen-bond acceptors (Lipinski definition) is 5. The van der Waals surface area contributed by atoms with Crippen LogP contribution in [0.2, 0.25) is 0 Å². The first-order chi connectivity index (χ1) is 16.5. The Balaban J connectivity index is 1.76. The maximum absolute atomic E-state index is 13.6. The lowest BCUT2D eigenvalue weighted by atomic mass is 10.0. The summed E-state index contributed by atoms with van der Waals surface area (Å²) in [6.45, 7) is 4.85. The molecule has 0 spiro atoms. The van der Waals surface area contributed by atoms with Gasteiger partial charge in [-0.1, -0.05) is 31.2 Å². The number of benzene rings is 3. The lowest BCUT2D eigenvalue weighted by Gasteiger charge is -2.19. The molecule has 3 aromatic rings. The minimum Gasteiger partial charge on any atom is -0.494 e. The number of carbonyl (C=O) groups excluding carboxylic acids is 2. The quantitative estimate of drug-likeness (QED) is 0.433. The molecule has 34 heavy (non-hydrogen) atoms. The standard InChI is InChI=1S/C27H25FN2O4/c1-3-17-34-23-8-6-5-7-22(23)30-26(31)24(18-9-11-19(28)12-10-18)25(27(30)32)29-20-13-15-21(16-14-20)33-4-2/h5-16,29H,3-4,17H2,1-2H3. The summed E-state index contributed by atoms with van der Waals surface area (Å²) in [6.07, 6.45) is 0.778. The van der Waals surface area contributed by atoms with E-state index in [1.807, 2.05) is 13.8 Å². The Hall–Kier alpha value is -4.13. The molecule has 0 saturated heterocycles. The topological polar surface area (TPSA) is 67.9 Å². The Kier molecular flexibility index (Phi) is 6.92. The maximum Gasteiger partial charge on any atom is 0.282 e. The number of nitrogens with one attached hydrogen (secondary N) is 1. The molecule has 1 N–H and O–H groups in total. The molecule has 0 bridgehead atoms. The van der Waals surface area contributed by atoms with Gasteiger partial charge >= 0.3 is 0 Å². The van der Waals surface area contributed by atoms with Crippen molar-refractivity contribution in [3.8, 4) is 11.5 Å². The molecule has 0 aromatic heterocycles. The fourth-order valence-electron chi connectivity index (χ4n) is 3.67. The van der Waals surface area contributed by atoms with Crippen LogP contribution in [0.4, 0.5) is 15.8 Å². The summed E-state index contributed by atoms with van der Waals surface area (Å²) in [5, 5.41) is 3.09. The van der Waals surface area contributed by atoms with E-state index in [0.29, 0.717) is 41.7 Å².